The molecule has 1 aliphatic carbocycles. The normalized spacial score (nSPS) is 18.6. The molecule has 1 N–H and O–H groups in total. The van der Waals surface area contributed by atoms with Crippen molar-refractivity contribution in [2.45, 2.75) is 50.7 Å². The van der Waals surface area contributed by atoms with E-state index in [1.807, 2.05) is 36.4 Å². The lowest BCUT2D eigenvalue weighted by atomic mass is 9.85. The van der Waals surface area contributed by atoms with Gasteiger partial charge in [0.25, 0.3) is 0 Å². The molecular formula is C23H24BrClN4O2. The highest BCUT2D eigenvalue weighted by atomic mass is 79.9. The highest BCUT2D eigenvalue weighted by molar-refractivity contribution is 9.10. The van der Waals surface area contributed by atoms with Crippen LogP contribution in [0, 0.1) is 0 Å². The number of alkyl carbamates (subject to hydrolysis) is 1. The van der Waals surface area contributed by atoms with Crippen molar-refractivity contribution in [1.29, 1.82) is 0 Å². The predicted molar refractivity (Wildman–Crippen MR) is 124 cm³/mol. The van der Waals surface area contributed by atoms with Crippen LogP contribution >= 0.6 is 27.5 Å². The van der Waals surface area contributed by atoms with Crippen LogP contribution in [0.2, 0.25) is 5.15 Å². The Morgan fingerprint density at radius 1 is 1.35 bits per heavy atom. The van der Waals surface area contributed by atoms with E-state index in [4.69, 9.17) is 21.3 Å². The fraction of sp³-hybridized carbons (Fsp3) is 0.348. The van der Waals surface area contributed by atoms with E-state index in [0.717, 1.165) is 48.3 Å². The standard InChI is InChI=1S/C23H24BrClN4O2/c1-2-7-18-13-26-21(25)19-20(24)28-22(29(18)19)16-10-6-11-17(12-16)27-23(30)31-14-15-8-4-3-5-9-15/h2-5,8-9,13,16-17H,1,6-7,10-12,14H2,(H,27,30)/t16-,17-/m1/s1. The SMILES string of the molecule is C=CCc1cnc(Cl)c2c(Br)nc([C@@H]3CCC[C@@H](NC(=O)OCc4ccccc4)C3)n12. The number of allylic oxidation sites excluding steroid dienone is 1. The number of fused-ring (bicyclic) bond motifs is 1. The quantitative estimate of drug-likeness (QED) is 0.430. The average molecular weight is 504 g/mol. The molecule has 0 aliphatic heterocycles. The van der Waals surface area contributed by atoms with Gasteiger partial charge in [-0.1, -0.05) is 54.4 Å². The summed E-state index contributed by atoms with van der Waals surface area (Å²) in [6.07, 6.45) is 7.60. The van der Waals surface area contributed by atoms with E-state index in [-0.39, 0.29) is 24.7 Å². The largest absolute Gasteiger partial charge is 0.445 e. The number of halogens is 2. The van der Waals surface area contributed by atoms with Gasteiger partial charge in [-0.3, -0.25) is 4.40 Å². The molecule has 31 heavy (non-hydrogen) atoms. The van der Waals surface area contributed by atoms with Gasteiger partial charge in [0.2, 0.25) is 0 Å². The molecule has 0 unspecified atom stereocenters. The molecule has 0 radical (unpaired) electrons. The number of carbonyl (C=O) groups excluding carboxylic acids is 1. The van der Waals surface area contributed by atoms with Crippen molar-refractivity contribution < 1.29 is 9.53 Å². The summed E-state index contributed by atoms with van der Waals surface area (Å²) < 4.78 is 8.17. The highest BCUT2D eigenvalue weighted by Crippen LogP contribution is 2.36. The number of rotatable bonds is 6. The molecule has 0 spiro atoms. The number of benzene rings is 1. The first-order chi connectivity index (χ1) is 15.1. The molecule has 162 valence electrons. The van der Waals surface area contributed by atoms with Crippen LogP contribution in [0.5, 0.6) is 0 Å². The van der Waals surface area contributed by atoms with Gasteiger partial charge in [-0.05, 0) is 40.8 Å². The van der Waals surface area contributed by atoms with E-state index in [0.29, 0.717) is 16.2 Å². The van der Waals surface area contributed by atoms with Gasteiger partial charge in [0, 0.05) is 30.3 Å². The number of imidazole rings is 1. The fourth-order valence-corrected chi connectivity index (χ4v) is 5.06. The number of carbonyl (C=O) groups is 1. The number of amides is 1. The molecule has 2 atom stereocenters. The minimum atomic E-state index is -0.386. The minimum Gasteiger partial charge on any atom is -0.445 e. The van der Waals surface area contributed by atoms with Crippen molar-refractivity contribution in [3.8, 4) is 0 Å². The minimum absolute atomic E-state index is 0.0355. The Hall–Kier alpha value is -2.38. The monoisotopic (exact) mass is 502 g/mol. The van der Waals surface area contributed by atoms with E-state index in [1.165, 1.54) is 0 Å². The summed E-state index contributed by atoms with van der Waals surface area (Å²) in [5.74, 6) is 1.13. The summed E-state index contributed by atoms with van der Waals surface area (Å²) in [5, 5.41) is 3.44. The van der Waals surface area contributed by atoms with Gasteiger partial charge in [0.15, 0.2) is 5.15 Å². The van der Waals surface area contributed by atoms with Crippen LogP contribution < -0.4 is 5.32 Å². The maximum absolute atomic E-state index is 12.3. The zero-order chi connectivity index (χ0) is 21.8. The van der Waals surface area contributed by atoms with E-state index in [1.54, 1.807) is 6.20 Å². The Morgan fingerprint density at radius 3 is 2.94 bits per heavy atom. The van der Waals surface area contributed by atoms with E-state index >= 15 is 0 Å². The van der Waals surface area contributed by atoms with Gasteiger partial charge >= 0.3 is 6.09 Å². The molecule has 2 aromatic heterocycles. The third kappa shape index (κ3) is 4.93. The van der Waals surface area contributed by atoms with Crippen molar-refractivity contribution in [2.24, 2.45) is 0 Å². The maximum atomic E-state index is 12.3. The van der Waals surface area contributed by atoms with E-state index in [9.17, 15) is 4.79 Å². The predicted octanol–water partition coefficient (Wildman–Crippen LogP) is 5.83. The molecule has 8 heteroatoms. The van der Waals surface area contributed by atoms with Crippen molar-refractivity contribution in [3.05, 3.63) is 76.0 Å². The van der Waals surface area contributed by atoms with Gasteiger partial charge in [0.05, 0.1) is 0 Å². The first-order valence-electron chi connectivity index (χ1n) is 10.4. The molecule has 2 heterocycles. The summed E-state index contributed by atoms with van der Waals surface area (Å²) in [6, 6.07) is 9.70. The zero-order valence-electron chi connectivity index (χ0n) is 17.1. The summed E-state index contributed by atoms with van der Waals surface area (Å²) >= 11 is 9.91. The third-order valence-electron chi connectivity index (χ3n) is 5.60. The topological polar surface area (TPSA) is 68.5 Å². The fourth-order valence-electron chi connectivity index (χ4n) is 4.18. The molecule has 1 saturated carbocycles. The number of hydrogen-bond donors (Lipinski definition) is 1. The Morgan fingerprint density at radius 2 is 2.16 bits per heavy atom. The van der Waals surface area contributed by atoms with Crippen LogP contribution in [0.1, 0.15) is 48.7 Å². The Balaban J connectivity index is 1.48. The number of nitrogens with zero attached hydrogens (tertiary/aromatic N) is 3. The van der Waals surface area contributed by atoms with Crippen molar-refractivity contribution >= 4 is 39.1 Å². The molecular weight excluding hydrogens is 480 g/mol. The second-order valence-corrected chi connectivity index (χ2v) is 8.85. The average Bonchev–Trinajstić information content (AvgIpc) is 3.14. The van der Waals surface area contributed by atoms with Gasteiger partial charge in [-0.15, -0.1) is 6.58 Å². The van der Waals surface area contributed by atoms with Crippen LogP contribution in [0.15, 0.2) is 53.8 Å². The van der Waals surface area contributed by atoms with Crippen molar-refractivity contribution in [1.82, 2.24) is 19.7 Å². The molecule has 1 aromatic carbocycles. The van der Waals surface area contributed by atoms with Gasteiger partial charge in [-0.2, -0.15) is 0 Å². The van der Waals surface area contributed by atoms with E-state index < -0.39 is 0 Å². The van der Waals surface area contributed by atoms with Gasteiger partial charge in [-0.25, -0.2) is 14.8 Å². The highest BCUT2D eigenvalue weighted by Gasteiger charge is 2.29. The Bertz CT molecular complexity index is 1090. The maximum Gasteiger partial charge on any atom is 0.407 e. The second-order valence-electron chi connectivity index (χ2n) is 7.74. The summed E-state index contributed by atoms with van der Waals surface area (Å²) in [4.78, 5) is 21.4. The van der Waals surface area contributed by atoms with Crippen LogP contribution in [-0.4, -0.2) is 26.5 Å². The van der Waals surface area contributed by atoms with Crippen LogP contribution in [0.25, 0.3) is 5.52 Å². The second kappa shape index (κ2) is 9.83. The molecule has 1 aliphatic rings. The molecule has 0 bridgehead atoms. The number of ether oxygens (including phenoxy) is 1. The first kappa shape index (κ1) is 21.8. The lowest BCUT2D eigenvalue weighted by Crippen LogP contribution is -2.38. The number of nitrogens with one attached hydrogen (secondary N) is 1. The van der Waals surface area contributed by atoms with Crippen molar-refractivity contribution in [3.63, 3.8) is 0 Å². The van der Waals surface area contributed by atoms with Gasteiger partial charge < -0.3 is 10.1 Å². The number of aromatic nitrogens is 3. The number of hydrogen-bond acceptors (Lipinski definition) is 4. The first-order valence-corrected chi connectivity index (χ1v) is 11.5. The Labute approximate surface area is 194 Å². The molecule has 1 amide bonds. The van der Waals surface area contributed by atoms with Crippen LogP contribution in [0.3, 0.4) is 0 Å². The zero-order valence-corrected chi connectivity index (χ0v) is 19.4. The lowest BCUT2D eigenvalue weighted by Gasteiger charge is -2.29. The van der Waals surface area contributed by atoms with E-state index in [2.05, 4.69) is 37.2 Å². The molecule has 6 nitrogen and oxygen atoms in total. The third-order valence-corrected chi connectivity index (χ3v) is 6.43. The smallest absolute Gasteiger partial charge is 0.407 e. The summed E-state index contributed by atoms with van der Waals surface area (Å²) in [6.45, 7) is 4.11. The Kier molecular flexibility index (Phi) is 6.92. The molecule has 3 aromatic rings. The van der Waals surface area contributed by atoms with Gasteiger partial charge in [0.1, 0.15) is 22.6 Å². The summed E-state index contributed by atoms with van der Waals surface area (Å²) in [5.41, 5.74) is 2.72. The van der Waals surface area contributed by atoms with Crippen LogP contribution in [-0.2, 0) is 17.8 Å². The lowest BCUT2D eigenvalue weighted by molar-refractivity contribution is 0.132. The molecule has 4 rings (SSSR count). The molecule has 0 saturated heterocycles. The summed E-state index contributed by atoms with van der Waals surface area (Å²) in [7, 11) is 0. The molecule has 1 fully saturated rings. The van der Waals surface area contributed by atoms with Crippen molar-refractivity contribution in [2.75, 3.05) is 0 Å². The van der Waals surface area contributed by atoms with Crippen LogP contribution in [0.4, 0.5) is 4.79 Å².